The summed E-state index contributed by atoms with van der Waals surface area (Å²) in [7, 11) is 0. The van der Waals surface area contributed by atoms with Crippen molar-refractivity contribution in [1.82, 2.24) is 4.40 Å². The Bertz CT molecular complexity index is 389. The lowest BCUT2D eigenvalue weighted by Gasteiger charge is -1.94. The molecule has 0 bridgehead atoms. The summed E-state index contributed by atoms with van der Waals surface area (Å²) in [4.78, 5) is 0. The molecule has 0 aliphatic carbocycles. The van der Waals surface area contributed by atoms with Crippen LogP contribution < -0.4 is 11.5 Å². The first-order valence-electron chi connectivity index (χ1n) is 3.40. The Morgan fingerprint density at radius 3 is 2.73 bits per heavy atom. The van der Waals surface area contributed by atoms with Crippen LogP contribution in [0.2, 0.25) is 0 Å². The van der Waals surface area contributed by atoms with Crippen LogP contribution in [-0.4, -0.2) is 4.40 Å². The molecule has 0 amide bonds. The standard InChI is InChI=1S/C8H9N3/c9-7-5-6-3-1-2-4-11(6)8(7)10/h1-5H,9-10H2. The van der Waals surface area contributed by atoms with E-state index in [1.54, 1.807) is 0 Å². The van der Waals surface area contributed by atoms with E-state index in [0.29, 0.717) is 11.5 Å². The number of nitrogens with zero attached hydrogens (tertiary/aromatic N) is 1. The van der Waals surface area contributed by atoms with Gasteiger partial charge in [-0.3, -0.25) is 0 Å². The fourth-order valence-electron chi connectivity index (χ4n) is 1.17. The molecule has 56 valence electrons. The number of nitrogens with two attached hydrogens (primary N) is 2. The molecule has 11 heavy (non-hydrogen) atoms. The van der Waals surface area contributed by atoms with E-state index in [2.05, 4.69) is 0 Å². The third-order valence-electron chi connectivity index (χ3n) is 1.75. The molecule has 4 N–H and O–H groups in total. The molecule has 0 aliphatic rings. The highest BCUT2D eigenvalue weighted by Gasteiger charge is 2.00. The highest BCUT2D eigenvalue weighted by Crippen LogP contribution is 2.19. The zero-order chi connectivity index (χ0) is 7.84. The van der Waals surface area contributed by atoms with Crippen LogP contribution in [-0.2, 0) is 0 Å². The Balaban J connectivity index is 2.92. The average Bonchev–Trinajstić information content (AvgIpc) is 2.30. The first-order chi connectivity index (χ1) is 5.29. The second-order valence-electron chi connectivity index (χ2n) is 2.48. The van der Waals surface area contributed by atoms with Crippen LogP contribution in [0.15, 0.2) is 30.5 Å². The number of nitrogen functional groups attached to an aromatic ring is 2. The molecule has 0 saturated carbocycles. The molecule has 3 heteroatoms. The van der Waals surface area contributed by atoms with Crippen LogP contribution in [0.3, 0.4) is 0 Å². The summed E-state index contributed by atoms with van der Waals surface area (Å²) in [5.74, 6) is 0.612. The largest absolute Gasteiger partial charge is 0.396 e. The molecule has 0 spiro atoms. The zero-order valence-corrected chi connectivity index (χ0v) is 5.99. The van der Waals surface area contributed by atoms with Gasteiger partial charge in [0.05, 0.1) is 5.69 Å². The molecule has 0 aromatic carbocycles. The predicted octanol–water partition coefficient (Wildman–Crippen LogP) is 1.10. The Morgan fingerprint density at radius 1 is 1.18 bits per heavy atom. The molecule has 0 radical (unpaired) electrons. The van der Waals surface area contributed by atoms with Gasteiger partial charge in [-0.25, -0.2) is 0 Å². The van der Waals surface area contributed by atoms with Gasteiger partial charge in [-0.15, -0.1) is 0 Å². The van der Waals surface area contributed by atoms with Gasteiger partial charge in [0.15, 0.2) is 0 Å². The van der Waals surface area contributed by atoms with E-state index < -0.39 is 0 Å². The normalized spacial score (nSPS) is 10.5. The quantitative estimate of drug-likeness (QED) is 0.586. The smallest absolute Gasteiger partial charge is 0.131 e. The van der Waals surface area contributed by atoms with E-state index in [9.17, 15) is 0 Å². The molecule has 2 heterocycles. The SMILES string of the molecule is Nc1cc2ccccn2c1N. The number of aromatic nitrogens is 1. The van der Waals surface area contributed by atoms with Crippen LogP contribution in [0, 0.1) is 0 Å². The monoisotopic (exact) mass is 147 g/mol. The maximum atomic E-state index is 5.68. The van der Waals surface area contributed by atoms with Crippen LogP contribution in [0.4, 0.5) is 11.5 Å². The van der Waals surface area contributed by atoms with Crippen molar-refractivity contribution in [3.05, 3.63) is 30.5 Å². The van der Waals surface area contributed by atoms with Gasteiger partial charge in [0, 0.05) is 11.7 Å². The van der Waals surface area contributed by atoms with Crippen molar-refractivity contribution in [2.75, 3.05) is 11.5 Å². The van der Waals surface area contributed by atoms with Crippen molar-refractivity contribution in [2.45, 2.75) is 0 Å². The van der Waals surface area contributed by atoms with Crippen LogP contribution >= 0.6 is 0 Å². The van der Waals surface area contributed by atoms with Crippen LogP contribution in [0.25, 0.3) is 5.52 Å². The average molecular weight is 147 g/mol. The molecule has 0 unspecified atom stereocenters. The first-order valence-corrected chi connectivity index (χ1v) is 3.40. The molecule has 0 atom stereocenters. The fraction of sp³-hybridized carbons (Fsp3) is 0. The van der Waals surface area contributed by atoms with Crippen LogP contribution in [0.5, 0.6) is 0 Å². The molecule has 0 aliphatic heterocycles. The van der Waals surface area contributed by atoms with Crippen molar-refractivity contribution >= 4 is 17.0 Å². The zero-order valence-electron chi connectivity index (χ0n) is 5.99. The molecule has 0 saturated heterocycles. The van der Waals surface area contributed by atoms with E-state index in [1.165, 1.54) is 0 Å². The van der Waals surface area contributed by atoms with Gasteiger partial charge in [-0.2, -0.15) is 0 Å². The second-order valence-corrected chi connectivity index (χ2v) is 2.48. The maximum absolute atomic E-state index is 5.68. The lowest BCUT2D eigenvalue weighted by atomic mass is 10.4. The molecule has 0 fully saturated rings. The van der Waals surface area contributed by atoms with Crippen LogP contribution in [0.1, 0.15) is 0 Å². The lowest BCUT2D eigenvalue weighted by molar-refractivity contribution is 1.21. The van der Waals surface area contributed by atoms with Gasteiger partial charge in [-0.1, -0.05) is 6.07 Å². The minimum absolute atomic E-state index is 0.612. The van der Waals surface area contributed by atoms with Crippen molar-refractivity contribution in [1.29, 1.82) is 0 Å². The van der Waals surface area contributed by atoms with Gasteiger partial charge in [0.25, 0.3) is 0 Å². The lowest BCUT2D eigenvalue weighted by Crippen LogP contribution is -1.94. The topological polar surface area (TPSA) is 56.5 Å². The Morgan fingerprint density at radius 2 is 2.00 bits per heavy atom. The Hall–Kier alpha value is -1.64. The summed E-state index contributed by atoms with van der Waals surface area (Å²) >= 11 is 0. The van der Waals surface area contributed by atoms with Crippen molar-refractivity contribution in [3.63, 3.8) is 0 Å². The second kappa shape index (κ2) is 1.92. The minimum atomic E-state index is 0.612. The molecular weight excluding hydrogens is 138 g/mol. The number of anilines is 2. The summed E-state index contributed by atoms with van der Waals surface area (Å²) < 4.78 is 1.86. The van der Waals surface area contributed by atoms with Crippen molar-refractivity contribution < 1.29 is 0 Å². The summed E-state index contributed by atoms with van der Waals surface area (Å²) in [6.07, 6.45) is 1.89. The molecule has 3 nitrogen and oxygen atoms in total. The summed E-state index contributed by atoms with van der Waals surface area (Å²) in [5, 5.41) is 0. The van der Waals surface area contributed by atoms with Gasteiger partial charge < -0.3 is 15.9 Å². The van der Waals surface area contributed by atoms with Crippen molar-refractivity contribution in [2.24, 2.45) is 0 Å². The first kappa shape index (κ1) is 6.09. The highest BCUT2D eigenvalue weighted by atomic mass is 15.0. The molecular formula is C8H9N3. The van der Waals surface area contributed by atoms with Gasteiger partial charge in [0.2, 0.25) is 0 Å². The highest BCUT2D eigenvalue weighted by molar-refractivity contribution is 5.71. The third-order valence-corrected chi connectivity index (χ3v) is 1.75. The number of pyridine rings is 1. The Labute approximate surface area is 64.2 Å². The predicted molar refractivity (Wildman–Crippen MR) is 46.2 cm³/mol. The molecule has 2 rings (SSSR count). The number of rotatable bonds is 0. The molecule has 2 aromatic heterocycles. The molecule has 2 aromatic rings. The number of fused-ring (bicyclic) bond motifs is 1. The summed E-state index contributed by atoms with van der Waals surface area (Å²) in [6, 6.07) is 7.69. The Kier molecular flexibility index (Phi) is 1.06. The minimum Gasteiger partial charge on any atom is -0.396 e. The number of hydrogen-bond donors (Lipinski definition) is 2. The maximum Gasteiger partial charge on any atom is 0.131 e. The van der Waals surface area contributed by atoms with Crippen molar-refractivity contribution in [3.8, 4) is 0 Å². The van der Waals surface area contributed by atoms with E-state index in [4.69, 9.17) is 11.5 Å². The van der Waals surface area contributed by atoms with E-state index >= 15 is 0 Å². The summed E-state index contributed by atoms with van der Waals surface area (Å²) in [6.45, 7) is 0. The summed E-state index contributed by atoms with van der Waals surface area (Å²) in [5.41, 5.74) is 12.9. The number of hydrogen-bond acceptors (Lipinski definition) is 2. The van der Waals surface area contributed by atoms with E-state index in [0.717, 1.165) is 5.52 Å². The van der Waals surface area contributed by atoms with Gasteiger partial charge >= 0.3 is 0 Å². The third kappa shape index (κ3) is 0.741. The van der Waals surface area contributed by atoms with E-state index in [-0.39, 0.29) is 0 Å². The van der Waals surface area contributed by atoms with Gasteiger partial charge in [0.1, 0.15) is 5.82 Å². The fourth-order valence-corrected chi connectivity index (χ4v) is 1.17. The van der Waals surface area contributed by atoms with E-state index in [1.807, 2.05) is 34.9 Å². The van der Waals surface area contributed by atoms with Gasteiger partial charge in [-0.05, 0) is 18.2 Å².